The van der Waals surface area contributed by atoms with Gasteiger partial charge in [0.25, 0.3) is 0 Å². The Kier molecular flexibility index (Phi) is 6.15. The number of aryl methyl sites for hydroxylation is 1. The van der Waals surface area contributed by atoms with E-state index in [-0.39, 0.29) is 15.4 Å². The van der Waals surface area contributed by atoms with Gasteiger partial charge < -0.3 is 9.64 Å². The molecule has 5 nitrogen and oxygen atoms in total. The SMILES string of the molecule is CCCCc1ccc(N2C=C(C(=O)c3ccc(OC)cc3)S(=O)(=O)c3ccccc32)cc1. The maximum absolute atomic E-state index is 13.4. The molecular formula is C26H25NO4S. The van der Waals surface area contributed by atoms with Crippen LogP contribution in [0.3, 0.4) is 0 Å². The van der Waals surface area contributed by atoms with E-state index < -0.39 is 15.6 Å². The highest BCUT2D eigenvalue weighted by Gasteiger charge is 2.36. The van der Waals surface area contributed by atoms with E-state index in [0.29, 0.717) is 11.4 Å². The number of Topliss-reactive ketones (excluding diaryl/α,β-unsaturated/α-hetero) is 1. The fourth-order valence-electron chi connectivity index (χ4n) is 3.74. The number of sulfone groups is 1. The second-order valence-electron chi connectivity index (χ2n) is 7.66. The van der Waals surface area contributed by atoms with Gasteiger partial charge in [-0.05, 0) is 66.9 Å². The summed E-state index contributed by atoms with van der Waals surface area (Å²) >= 11 is 0. The van der Waals surface area contributed by atoms with Gasteiger partial charge in [0, 0.05) is 17.5 Å². The minimum Gasteiger partial charge on any atom is -0.497 e. The van der Waals surface area contributed by atoms with Gasteiger partial charge in [-0.15, -0.1) is 0 Å². The predicted molar refractivity (Wildman–Crippen MR) is 126 cm³/mol. The van der Waals surface area contributed by atoms with Gasteiger partial charge in [-0.1, -0.05) is 37.6 Å². The number of ether oxygens (including phenoxy) is 1. The van der Waals surface area contributed by atoms with E-state index in [1.807, 2.05) is 12.1 Å². The van der Waals surface area contributed by atoms with Crippen molar-refractivity contribution >= 4 is 27.0 Å². The maximum atomic E-state index is 13.4. The van der Waals surface area contributed by atoms with Crippen molar-refractivity contribution < 1.29 is 17.9 Å². The molecule has 164 valence electrons. The molecule has 0 spiro atoms. The van der Waals surface area contributed by atoms with Crippen molar-refractivity contribution in [2.75, 3.05) is 12.0 Å². The van der Waals surface area contributed by atoms with Crippen LogP contribution < -0.4 is 9.64 Å². The van der Waals surface area contributed by atoms with Crippen molar-refractivity contribution in [3.8, 4) is 5.75 Å². The smallest absolute Gasteiger partial charge is 0.214 e. The molecule has 4 rings (SSSR count). The Morgan fingerprint density at radius 2 is 1.62 bits per heavy atom. The summed E-state index contributed by atoms with van der Waals surface area (Å²) in [7, 11) is -2.43. The van der Waals surface area contributed by atoms with Crippen LogP contribution in [0.15, 0.2) is 88.8 Å². The van der Waals surface area contributed by atoms with Gasteiger partial charge in [0.05, 0.1) is 17.7 Å². The van der Waals surface area contributed by atoms with Gasteiger partial charge in [-0.3, -0.25) is 4.79 Å². The van der Waals surface area contributed by atoms with Gasteiger partial charge in [0.15, 0.2) is 0 Å². The number of benzene rings is 3. The van der Waals surface area contributed by atoms with Crippen LogP contribution >= 0.6 is 0 Å². The predicted octanol–water partition coefficient (Wildman–Crippen LogP) is 5.69. The van der Waals surface area contributed by atoms with E-state index >= 15 is 0 Å². The van der Waals surface area contributed by atoms with Crippen molar-refractivity contribution in [1.29, 1.82) is 0 Å². The Hall–Kier alpha value is -3.38. The topological polar surface area (TPSA) is 63.7 Å². The molecule has 1 aliphatic rings. The van der Waals surface area contributed by atoms with Crippen molar-refractivity contribution in [2.45, 2.75) is 31.1 Å². The number of carbonyl (C=O) groups excluding carboxylic acids is 1. The average Bonchev–Trinajstić information content (AvgIpc) is 2.83. The molecule has 0 bridgehead atoms. The monoisotopic (exact) mass is 447 g/mol. The van der Waals surface area contributed by atoms with Crippen LogP contribution in [0.2, 0.25) is 0 Å². The summed E-state index contributed by atoms with van der Waals surface area (Å²) in [5, 5.41) is 0. The van der Waals surface area contributed by atoms with E-state index in [1.165, 1.54) is 18.9 Å². The minimum atomic E-state index is -3.97. The lowest BCUT2D eigenvalue weighted by Crippen LogP contribution is -2.25. The number of allylic oxidation sites excluding steroid dienone is 1. The third-order valence-electron chi connectivity index (χ3n) is 5.56. The average molecular weight is 448 g/mol. The quantitative estimate of drug-likeness (QED) is 0.436. The Balaban J connectivity index is 1.79. The number of para-hydroxylation sites is 1. The summed E-state index contributed by atoms with van der Waals surface area (Å²) in [6.07, 6.45) is 4.67. The van der Waals surface area contributed by atoms with Crippen LogP contribution in [0.25, 0.3) is 0 Å². The molecule has 0 atom stereocenters. The number of carbonyl (C=O) groups is 1. The molecule has 6 heteroatoms. The summed E-state index contributed by atoms with van der Waals surface area (Å²) in [5.74, 6) is 0.0453. The van der Waals surface area contributed by atoms with Gasteiger partial charge >= 0.3 is 0 Å². The number of nitrogens with zero attached hydrogens (tertiary/aromatic N) is 1. The van der Waals surface area contributed by atoms with Crippen molar-refractivity contribution in [1.82, 2.24) is 0 Å². The Morgan fingerprint density at radius 3 is 2.28 bits per heavy atom. The lowest BCUT2D eigenvalue weighted by Gasteiger charge is -2.29. The lowest BCUT2D eigenvalue weighted by atomic mass is 10.1. The molecular weight excluding hydrogens is 422 g/mol. The summed E-state index contributed by atoms with van der Waals surface area (Å²) in [6.45, 7) is 2.16. The molecule has 0 saturated heterocycles. The molecule has 0 unspecified atom stereocenters. The maximum Gasteiger partial charge on any atom is 0.214 e. The zero-order valence-electron chi connectivity index (χ0n) is 18.1. The molecule has 0 saturated carbocycles. The van der Waals surface area contributed by atoms with E-state index in [2.05, 4.69) is 19.1 Å². The van der Waals surface area contributed by atoms with E-state index in [9.17, 15) is 13.2 Å². The normalized spacial score (nSPS) is 14.4. The highest BCUT2D eigenvalue weighted by Crippen LogP contribution is 2.40. The summed E-state index contributed by atoms with van der Waals surface area (Å²) in [6, 6.07) is 21.2. The van der Waals surface area contributed by atoms with Crippen LogP contribution in [0.1, 0.15) is 35.7 Å². The Morgan fingerprint density at radius 1 is 0.938 bits per heavy atom. The first-order valence-corrected chi connectivity index (χ1v) is 12.1. The Bertz CT molecular complexity index is 1260. The summed E-state index contributed by atoms with van der Waals surface area (Å²) in [4.78, 5) is 14.9. The third-order valence-corrected chi connectivity index (χ3v) is 7.35. The van der Waals surface area contributed by atoms with Crippen LogP contribution in [-0.4, -0.2) is 21.3 Å². The molecule has 0 amide bonds. The number of anilines is 2. The van der Waals surface area contributed by atoms with Gasteiger partial charge in [0.1, 0.15) is 10.7 Å². The summed E-state index contributed by atoms with van der Waals surface area (Å²) < 4.78 is 31.8. The first-order chi connectivity index (χ1) is 15.5. The number of fused-ring (bicyclic) bond motifs is 1. The lowest BCUT2D eigenvalue weighted by molar-refractivity contribution is 0.104. The van der Waals surface area contributed by atoms with Crippen molar-refractivity contribution in [3.05, 3.63) is 95.0 Å². The highest BCUT2D eigenvalue weighted by atomic mass is 32.2. The van der Waals surface area contributed by atoms with E-state index in [4.69, 9.17) is 4.74 Å². The van der Waals surface area contributed by atoms with Crippen LogP contribution in [0.5, 0.6) is 5.75 Å². The second kappa shape index (κ2) is 9.01. The highest BCUT2D eigenvalue weighted by molar-refractivity contribution is 7.96. The van der Waals surface area contributed by atoms with E-state index in [0.717, 1.165) is 24.9 Å². The largest absolute Gasteiger partial charge is 0.497 e. The van der Waals surface area contributed by atoms with Crippen LogP contribution in [-0.2, 0) is 16.3 Å². The van der Waals surface area contributed by atoms with Gasteiger partial charge in [-0.2, -0.15) is 0 Å². The van der Waals surface area contributed by atoms with E-state index in [1.54, 1.807) is 53.4 Å². The second-order valence-corrected chi connectivity index (χ2v) is 9.55. The fraction of sp³-hybridized carbons (Fsp3) is 0.192. The molecule has 1 aliphatic heterocycles. The Labute approximate surface area is 188 Å². The first kappa shape index (κ1) is 21.8. The zero-order valence-corrected chi connectivity index (χ0v) is 18.9. The summed E-state index contributed by atoms with van der Waals surface area (Å²) in [5.41, 5.74) is 2.84. The van der Waals surface area contributed by atoms with Gasteiger partial charge in [0.2, 0.25) is 15.6 Å². The first-order valence-electron chi connectivity index (χ1n) is 10.6. The molecule has 32 heavy (non-hydrogen) atoms. The number of methoxy groups -OCH3 is 1. The molecule has 0 aromatic heterocycles. The van der Waals surface area contributed by atoms with Crippen molar-refractivity contribution in [3.63, 3.8) is 0 Å². The number of hydrogen-bond donors (Lipinski definition) is 0. The number of ketones is 1. The van der Waals surface area contributed by atoms with Crippen LogP contribution in [0.4, 0.5) is 11.4 Å². The molecule has 0 radical (unpaired) electrons. The van der Waals surface area contributed by atoms with Crippen LogP contribution in [0, 0.1) is 0 Å². The molecule has 1 heterocycles. The third kappa shape index (κ3) is 4.06. The minimum absolute atomic E-state index is 0.120. The number of rotatable bonds is 7. The molecule has 3 aromatic rings. The molecule has 0 fully saturated rings. The number of hydrogen-bond acceptors (Lipinski definition) is 5. The molecule has 0 N–H and O–H groups in total. The standard InChI is InChI=1S/C26H25NO4S/c1-3-4-7-19-10-14-21(15-11-19)27-18-25(26(28)20-12-16-22(31-2)17-13-20)32(29,30)24-9-6-5-8-23(24)27/h5-6,8-18H,3-4,7H2,1-2H3. The fourth-order valence-corrected chi connectivity index (χ4v) is 5.28. The molecule has 0 aliphatic carbocycles. The number of unbranched alkanes of at least 4 members (excludes halogenated alkanes) is 1. The molecule has 3 aromatic carbocycles. The van der Waals surface area contributed by atoms with Crippen molar-refractivity contribution in [2.24, 2.45) is 0 Å². The zero-order chi connectivity index (χ0) is 22.7. The van der Waals surface area contributed by atoms with Gasteiger partial charge in [-0.25, -0.2) is 8.42 Å².